The molecule has 4 nitrogen and oxygen atoms in total. The molecule has 1 N–H and O–H groups in total. The lowest BCUT2D eigenvalue weighted by atomic mass is 10.1. The smallest absolute Gasteiger partial charge is 0.203 e. The highest BCUT2D eigenvalue weighted by molar-refractivity contribution is 5.28. The van der Waals surface area contributed by atoms with Crippen LogP contribution in [-0.2, 0) is 11.3 Å². The van der Waals surface area contributed by atoms with E-state index in [-0.39, 0.29) is 0 Å². The number of aryl methyl sites for hydroxylation is 1. The SMILES string of the molecule is CCCNc1nc(C)cn1CC1CCOC1. The van der Waals surface area contributed by atoms with Gasteiger partial charge in [-0.1, -0.05) is 6.92 Å². The minimum Gasteiger partial charge on any atom is -0.381 e. The molecule has 1 fully saturated rings. The van der Waals surface area contributed by atoms with Gasteiger partial charge in [-0.2, -0.15) is 0 Å². The largest absolute Gasteiger partial charge is 0.381 e. The number of nitrogens with zero attached hydrogens (tertiary/aromatic N) is 2. The van der Waals surface area contributed by atoms with Crippen molar-refractivity contribution in [3.63, 3.8) is 0 Å². The molecule has 2 heterocycles. The topological polar surface area (TPSA) is 39.1 Å². The molecular formula is C12H21N3O. The lowest BCUT2D eigenvalue weighted by molar-refractivity contribution is 0.182. The molecule has 1 aliphatic heterocycles. The maximum absolute atomic E-state index is 5.40. The molecule has 1 aliphatic rings. The zero-order valence-corrected chi connectivity index (χ0v) is 10.2. The Bertz CT molecular complexity index is 329. The number of imidazole rings is 1. The summed E-state index contributed by atoms with van der Waals surface area (Å²) in [6, 6.07) is 0. The van der Waals surface area contributed by atoms with Crippen molar-refractivity contribution in [2.75, 3.05) is 25.1 Å². The van der Waals surface area contributed by atoms with Gasteiger partial charge in [0, 0.05) is 31.8 Å². The minimum atomic E-state index is 0.649. The first kappa shape index (κ1) is 11.5. The van der Waals surface area contributed by atoms with Crippen LogP contribution in [0.4, 0.5) is 5.95 Å². The van der Waals surface area contributed by atoms with E-state index in [2.05, 4.69) is 28.0 Å². The van der Waals surface area contributed by atoms with E-state index in [9.17, 15) is 0 Å². The fourth-order valence-electron chi connectivity index (χ4n) is 2.07. The first-order valence-electron chi connectivity index (χ1n) is 6.15. The van der Waals surface area contributed by atoms with Crippen molar-refractivity contribution in [2.45, 2.75) is 33.2 Å². The third kappa shape index (κ3) is 2.76. The molecule has 1 saturated heterocycles. The van der Waals surface area contributed by atoms with Crippen molar-refractivity contribution in [3.05, 3.63) is 11.9 Å². The summed E-state index contributed by atoms with van der Waals surface area (Å²) in [5, 5.41) is 3.37. The van der Waals surface area contributed by atoms with Crippen LogP contribution in [0, 0.1) is 12.8 Å². The average Bonchev–Trinajstić information content (AvgIpc) is 2.86. The molecule has 0 bridgehead atoms. The van der Waals surface area contributed by atoms with Crippen LogP contribution in [0.3, 0.4) is 0 Å². The Morgan fingerprint density at radius 2 is 2.50 bits per heavy atom. The van der Waals surface area contributed by atoms with E-state index in [0.717, 1.165) is 44.4 Å². The van der Waals surface area contributed by atoms with Crippen LogP contribution >= 0.6 is 0 Å². The van der Waals surface area contributed by atoms with E-state index in [1.165, 1.54) is 6.42 Å². The fraction of sp³-hybridized carbons (Fsp3) is 0.750. The molecule has 0 aromatic carbocycles. The second-order valence-corrected chi connectivity index (χ2v) is 4.51. The molecule has 1 atom stereocenters. The van der Waals surface area contributed by atoms with Gasteiger partial charge in [0.2, 0.25) is 5.95 Å². The Morgan fingerprint density at radius 3 is 3.19 bits per heavy atom. The Kier molecular flexibility index (Phi) is 3.83. The average molecular weight is 223 g/mol. The monoisotopic (exact) mass is 223 g/mol. The van der Waals surface area contributed by atoms with Gasteiger partial charge >= 0.3 is 0 Å². The highest BCUT2D eigenvalue weighted by Gasteiger charge is 2.17. The Balaban J connectivity index is 2.00. The zero-order chi connectivity index (χ0) is 11.4. The maximum atomic E-state index is 5.40. The Hall–Kier alpha value is -1.03. The number of hydrogen-bond acceptors (Lipinski definition) is 3. The molecule has 1 aromatic rings. The number of hydrogen-bond donors (Lipinski definition) is 1. The number of nitrogens with one attached hydrogen (secondary N) is 1. The predicted octanol–water partition coefficient (Wildman–Crippen LogP) is 2.05. The molecule has 90 valence electrons. The van der Waals surface area contributed by atoms with Crippen molar-refractivity contribution in [1.82, 2.24) is 9.55 Å². The summed E-state index contributed by atoms with van der Waals surface area (Å²) in [7, 11) is 0. The molecule has 4 heteroatoms. The number of aromatic nitrogens is 2. The summed E-state index contributed by atoms with van der Waals surface area (Å²) >= 11 is 0. The summed E-state index contributed by atoms with van der Waals surface area (Å²) in [4.78, 5) is 4.50. The highest BCUT2D eigenvalue weighted by atomic mass is 16.5. The Morgan fingerprint density at radius 1 is 1.62 bits per heavy atom. The lowest BCUT2D eigenvalue weighted by Crippen LogP contribution is -2.14. The zero-order valence-electron chi connectivity index (χ0n) is 10.2. The molecule has 1 unspecified atom stereocenters. The van der Waals surface area contributed by atoms with Crippen LogP contribution in [0.1, 0.15) is 25.5 Å². The van der Waals surface area contributed by atoms with Crippen LogP contribution in [-0.4, -0.2) is 29.3 Å². The van der Waals surface area contributed by atoms with E-state index in [1.807, 2.05) is 6.92 Å². The van der Waals surface area contributed by atoms with Gasteiger partial charge in [-0.25, -0.2) is 4.98 Å². The van der Waals surface area contributed by atoms with E-state index >= 15 is 0 Å². The molecule has 0 amide bonds. The summed E-state index contributed by atoms with van der Waals surface area (Å²) in [5.74, 6) is 1.65. The Labute approximate surface area is 97.0 Å². The molecule has 0 aliphatic carbocycles. The molecule has 16 heavy (non-hydrogen) atoms. The number of rotatable bonds is 5. The van der Waals surface area contributed by atoms with Crippen molar-refractivity contribution in [1.29, 1.82) is 0 Å². The standard InChI is InChI=1S/C12H21N3O/c1-3-5-13-12-14-10(2)7-15(12)8-11-4-6-16-9-11/h7,11H,3-6,8-9H2,1-2H3,(H,13,14). The highest BCUT2D eigenvalue weighted by Crippen LogP contribution is 2.18. The fourth-order valence-corrected chi connectivity index (χ4v) is 2.07. The van der Waals surface area contributed by atoms with Gasteiger partial charge in [-0.15, -0.1) is 0 Å². The maximum Gasteiger partial charge on any atom is 0.203 e. The minimum absolute atomic E-state index is 0.649. The second kappa shape index (κ2) is 5.34. The first-order valence-corrected chi connectivity index (χ1v) is 6.15. The number of anilines is 1. The quantitative estimate of drug-likeness (QED) is 0.830. The summed E-state index contributed by atoms with van der Waals surface area (Å²) in [5.41, 5.74) is 1.08. The predicted molar refractivity (Wildman–Crippen MR) is 64.7 cm³/mol. The van der Waals surface area contributed by atoms with Crippen molar-refractivity contribution in [3.8, 4) is 0 Å². The van der Waals surface area contributed by atoms with Crippen LogP contribution in [0.5, 0.6) is 0 Å². The normalized spacial score (nSPS) is 20.2. The van der Waals surface area contributed by atoms with Crippen molar-refractivity contribution in [2.24, 2.45) is 5.92 Å². The molecule has 2 rings (SSSR count). The first-order chi connectivity index (χ1) is 7.79. The summed E-state index contributed by atoms with van der Waals surface area (Å²) < 4.78 is 7.63. The third-order valence-corrected chi connectivity index (χ3v) is 2.91. The second-order valence-electron chi connectivity index (χ2n) is 4.51. The van der Waals surface area contributed by atoms with Crippen molar-refractivity contribution >= 4 is 5.95 Å². The number of ether oxygens (including phenoxy) is 1. The van der Waals surface area contributed by atoms with Gasteiger partial charge in [-0.05, 0) is 19.8 Å². The third-order valence-electron chi connectivity index (χ3n) is 2.91. The van der Waals surface area contributed by atoms with Gasteiger partial charge in [0.1, 0.15) is 0 Å². The van der Waals surface area contributed by atoms with Crippen LogP contribution in [0.15, 0.2) is 6.20 Å². The van der Waals surface area contributed by atoms with E-state index < -0.39 is 0 Å². The summed E-state index contributed by atoms with van der Waals surface area (Å²) in [6.07, 6.45) is 4.42. The molecule has 0 saturated carbocycles. The molecular weight excluding hydrogens is 202 g/mol. The van der Waals surface area contributed by atoms with Gasteiger partial charge in [0.05, 0.1) is 12.3 Å². The molecule has 1 aromatic heterocycles. The van der Waals surface area contributed by atoms with Crippen LogP contribution < -0.4 is 5.32 Å². The van der Waals surface area contributed by atoms with Crippen LogP contribution in [0.2, 0.25) is 0 Å². The molecule has 0 spiro atoms. The van der Waals surface area contributed by atoms with Gasteiger partial charge in [0.25, 0.3) is 0 Å². The molecule has 0 radical (unpaired) electrons. The van der Waals surface area contributed by atoms with Gasteiger partial charge in [-0.3, -0.25) is 0 Å². The summed E-state index contributed by atoms with van der Waals surface area (Å²) in [6.45, 7) is 8.02. The lowest BCUT2D eigenvalue weighted by Gasteiger charge is -2.12. The van der Waals surface area contributed by atoms with E-state index in [4.69, 9.17) is 4.74 Å². The van der Waals surface area contributed by atoms with Crippen molar-refractivity contribution < 1.29 is 4.74 Å². The van der Waals surface area contributed by atoms with Gasteiger partial charge < -0.3 is 14.6 Å². The van der Waals surface area contributed by atoms with E-state index in [1.54, 1.807) is 0 Å². The van der Waals surface area contributed by atoms with Crippen LogP contribution in [0.25, 0.3) is 0 Å². The van der Waals surface area contributed by atoms with Gasteiger partial charge in [0.15, 0.2) is 0 Å². The van der Waals surface area contributed by atoms with E-state index in [0.29, 0.717) is 5.92 Å².